The van der Waals surface area contributed by atoms with Crippen LogP contribution in [-0.4, -0.2) is 9.97 Å². The zero-order chi connectivity index (χ0) is 12.4. The normalized spacial score (nSPS) is 10.0. The van der Waals surface area contributed by atoms with Gasteiger partial charge in [-0.2, -0.15) is 5.26 Å². The molecular formula is C12H7BrFN3. The fourth-order valence-electron chi connectivity index (χ4n) is 1.42. The van der Waals surface area contributed by atoms with Crippen LogP contribution in [0.1, 0.15) is 11.4 Å². The molecule has 0 unspecified atom stereocenters. The summed E-state index contributed by atoms with van der Waals surface area (Å²) in [6.07, 6.45) is 0. The third-order valence-corrected chi connectivity index (χ3v) is 2.83. The molecule has 0 radical (unpaired) electrons. The average Bonchev–Trinajstić information content (AvgIpc) is 2.31. The number of hydrogen-bond acceptors (Lipinski definition) is 3. The molecule has 1 heterocycles. The van der Waals surface area contributed by atoms with Gasteiger partial charge in [0.05, 0.1) is 0 Å². The van der Waals surface area contributed by atoms with Gasteiger partial charge in [-0.1, -0.05) is 15.9 Å². The van der Waals surface area contributed by atoms with Crippen LogP contribution < -0.4 is 0 Å². The molecule has 1 aromatic carbocycles. The van der Waals surface area contributed by atoms with Crippen molar-refractivity contribution in [1.82, 2.24) is 9.97 Å². The van der Waals surface area contributed by atoms with E-state index in [-0.39, 0.29) is 11.5 Å². The summed E-state index contributed by atoms with van der Waals surface area (Å²) in [5.41, 5.74) is 1.47. The zero-order valence-corrected chi connectivity index (χ0v) is 10.5. The Morgan fingerprint density at radius 2 is 2.06 bits per heavy atom. The second-order valence-corrected chi connectivity index (χ2v) is 4.31. The average molecular weight is 292 g/mol. The topological polar surface area (TPSA) is 49.6 Å². The van der Waals surface area contributed by atoms with Crippen LogP contribution in [0, 0.1) is 24.1 Å². The van der Waals surface area contributed by atoms with E-state index in [4.69, 9.17) is 5.26 Å². The van der Waals surface area contributed by atoms with E-state index in [1.54, 1.807) is 19.1 Å². The van der Waals surface area contributed by atoms with Crippen LogP contribution in [0.4, 0.5) is 4.39 Å². The van der Waals surface area contributed by atoms with Gasteiger partial charge in [-0.05, 0) is 31.2 Å². The van der Waals surface area contributed by atoms with Crippen LogP contribution in [0.2, 0.25) is 0 Å². The molecule has 17 heavy (non-hydrogen) atoms. The lowest BCUT2D eigenvalue weighted by atomic mass is 10.2. The van der Waals surface area contributed by atoms with Gasteiger partial charge in [-0.25, -0.2) is 14.4 Å². The summed E-state index contributed by atoms with van der Waals surface area (Å²) in [7, 11) is 0. The van der Waals surface area contributed by atoms with Crippen molar-refractivity contribution >= 4 is 15.9 Å². The number of rotatable bonds is 1. The van der Waals surface area contributed by atoms with Gasteiger partial charge in [0.2, 0.25) is 0 Å². The molecule has 3 nitrogen and oxygen atoms in total. The van der Waals surface area contributed by atoms with Crippen molar-refractivity contribution in [2.75, 3.05) is 0 Å². The standard InChI is InChI=1S/C12H7BrFN3/c1-7-4-9(6-15)17-12(16-7)10-5-8(14)2-3-11(10)13/h2-5H,1H3. The Kier molecular flexibility index (Phi) is 3.16. The molecule has 0 N–H and O–H groups in total. The number of halogens is 2. The zero-order valence-electron chi connectivity index (χ0n) is 8.91. The highest BCUT2D eigenvalue weighted by atomic mass is 79.9. The third-order valence-electron chi connectivity index (χ3n) is 2.14. The van der Waals surface area contributed by atoms with Crippen molar-refractivity contribution in [2.45, 2.75) is 6.92 Å². The van der Waals surface area contributed by atoms with Crippen LogP contribution in [0.25, 0.3) is 11.4 Å². The Bertz CT molecular complexity index is 620. The second-order valence-electron chi connectivity index (χ2n) is 3.45. The highest BCUT2D eigenvalue weighted by molar-refractivity contribution is 9.10. The lowest BCUT2D eigenvalue weighted by Crippen LogP contribution is -1.96. The molecule has 0 atom stereocenters. The number of nitrogens with zero attached hydrogens (tertiary/aromatic N) is 3. The Morgan fingerprint density at radius 1 is 1.29 bits per heavy atom. The number of aromatic nitrogens is 2. The second kappa shape index (κ2) is 4.60. The van der Waals surface area contributed by atoms with Gasteiger partial charge in [0.15, 0.2) is 5.82 Å². The third kappa shape index (κ3) is 2.48. The van der Waals surface area contributed by atoms with Crippen molar-refractivity contribution < 1.29 is 4.39 Å². The van der Waals surface area contributed by atoms with Crippen LogP contribution in [0.5, 0.6) is 0 Å². The number of nitriles is 1. The first-order chi connectivity index (χ1) is 8.10. The van der Waals surface area contributed by atoms with Crippen LogP contribution in [0.3, 0.4) is 0 Å². The number of aryl methyl sites for hydroxylation is 1. The quantitative estimate of drug-likeness (QED) is 0.810. The van der Waals surface area contributed by atoms with E-state index < -0.39 is 0 Å². The lowest BCUT2D eigenvalue weighted by Gasteiger charge is -2.04. The molecule has 84 valence electrons. The molecule has 0 aliphatic heterocycles. The summed E-state index contributed by atoms with van der Waals surface area (Å²) in [5, 5.41) is 8.83. The molecule has 0 aliphatic rings. The molecule has 0 fully saturated rings. The Balaban J connectivity index is 2.64. The minimum absolute atomic E-state index is 0.267. The first-order valence-corrected chi connectivity index (χ1v) is 5.60. The monoisotopic (exact) mass is 291 g/mol. The Hall–Kier alpha value is -1.80. The smallest absolute Gasteiger partial charge is 0.162 e. The molecule has 0 bridgehead atoms. The summed E-state index contributed by atoms with van der Waals surface area (Å²) in [4.78, 5) is 8.25. The molecular weight excluding hydrogens is 285 g/mol. The van der Waals surface area contributed by atoms with Gasteiger partial charge in [0.1, 0.15) is 17.6 Å². The maximum absolute atomic E-state index is 13.2. The summed E-state index contributed by atoms with van der Waals surface area (Å²) in [6.45, 7) is 1.76. The number of hydrogen-bond donors (Lipinski definition) is 0. The van der Waals surface area contributed by atoms with Crippen molar-refractivity contribution in [3.63, 3.8) is 0 Å². The first-order valence-electron chi connectivity index (χ1n) is 4.81. The molecule has 0 saturated carbocycles. The molecule has 0 amide bonds. The Labute approximate surface area is 106 Å². The van der Waals surface area contributed by atoms with Gasteiger partial charge in [-0.3, -0.25) is 0 Å². The lowest BCUT2D eigenvalue weighted by molar-refractivity contribution is 0.628. The first kappa shape index (κ1) is 11.7. The van der Waals surface area contributed by atoms with Gasteiger partial charge in [-0.15, -0.1) is 0 Å². The van der Waals surface area contributed by atoms with Crippen LogP contribution >= 0.6 is 15.9 Å². The number of benzene rings is 1. The van der Waals surface area contributed by atoms with E-state index in [0.717, 1.165) is 0 Å². The van der Waals surface area contributed by atoms with Crippen molar-refractivity contribution in [1.29, 1.82) is 5.26 Å². The molecule has 0 aliphatic carbocycles. The van der Waals surface area contributed by atoms with E-state index >= 15 is 0 Å². The van der Waals surface area contributed by atoms with Gasteiger partial charge in [0.25, 0.3) is 0 Å². The molecule has 1 aromatic heterocycles. The minimum atomic E-state index is -0.369. The van der Waals surface area contributed by atoms with E-state index in [1.165, 1.54) is 12.1 Å². The van der Waals surface area contributed by atoms with E-state index in [9.17, 15) is 4.39 Å². The largest absolute Gasteiger partial charge is 0.233 e. The van der Waals surface area contributed by atoms with Crippen molar-refractivity contribution in [3.8, 4) is 17.5 Å². The highest BCUT2D eigenvalue weighted by Gasteiger charge is 2.09. The minimum Gasteiger partial charge on any atom is -0.233 e. The van der Waals surface area contributed by atoms with Crippen LogP contribution in [0.15, 0.2) is 28.7 Å². The summed E-state index contributed by atoms with van der Waals surface area (Å²) in [6, 6.07) is 7.79. The predicted octanol–water partition coefficient (Wildman–Crippen LogP) is 3.23. The molecule has 5 heteroatoms. The summed E-state index contributed by atoms with van der Waals surface area (Å²) >= 11 is 3.31. The Morgan fingerprint density at radius 3 is 2.76 bits per heavy atom. The van der Waals surface area contributed by atoms with E-state index in [0.29, 0.717) is 21.6 Å². The SMILES string of the molecule is Cc1cc(C#N)nc(-c2cc(F)ccc2Br)n1. The van der Waals surface area contributed by atoms with E-state index in [1.807, 2.05) is 6.07 Å². The highest BCUT2D eigenvalue weighted by Crippen LogP contribution is 2.26. The van der Waals surface area contributed by atoms with Crippen molar-refractivity contribution in [3.05, 3.63) is 45.9 Å². The fourth-order valence-corrected chi connectivity index (χ4v) is 1.84. The van der Waals surface area contributed by atoms with Gasteiger partial charge in [0, 0.05) is 15.7 Å². The van der Waals surface area contributed by atoms with Crippen LogP contribution in [-0.2, 0) is 0 Å². The van der Waals surface area contributed by atoms with Crippen molar-refractivity contribution in [2.24, 2.45) is 0 Å². The summed E-state index contributed by atoms with van der Waals surface area (Å²) in [5.74, 6) is -0.0280. The maximum atomic E-state index is 13.2. The predicted molar refractivity (Wildman–Crippen MR) is 64.6 cm³/mol. The fraction of sp³-hybridized carbons (Fsp3) is 0.0833. The molecule has 0 spiro atoms. The molecule has 0 saturated heterocycles. The van der Waals surface area contributed by atoms with E-state index in [2.05, 4.69) is 25.9 Å². The van der Waals surface area contributed by atoms with Gasteiger partial charge >= 0.3 is 0 Å². The molecule has 2 aromatic rings. The molecule has 2 rings (SSSR count). The maximum Gasteiger partial charge on any atom is 0.162 e. The van der Waals surface area contributed by atoms with Gasteiger partial charge < -0.3 is 0 Å². The summed E-state index contributed by atoms with van der Waals surface area (Å²) < 4.78 is 13.9.